The van der Waals surface area contributed by atoms with Crippen LogP contribution >= 0.6 is 11.6 Å². The molecule has 0 heterocycles. The fourth-order valence-corrected chi connectivity index (χ4v) is 2.36. The van der Waals surface area contributed by atoms with Gasteiger partial charge in [-0.2, -0.15) is 0 Å². The summed E-state index contributed by atoms with van der Waals surface area (Å²) in [6, 6.07) is 3.77. The van der Waals surface area contributed by atoms with Gasteiger partial charge in [-0.3, -0.25) is 0 Å². The molecule has 21 heavy (non-hydrogen) atoms. The van der Waals surface area contributed by atoms with Crippen LogP contribution in [-0.2, 0) is 6.54 Å². The molecule has 0 unspecified atom stereocenters. The summed E-state index contributed by atoms with van der Waals surface area (Å²) in [4.78, 5) is 2.38. The fraction of sp³-hybridized carbons (Fsp3) is 0.625. The minimum absolute atomic E-state index is 0.604. The van der Waals surface area contributed by atoms with Crippen LogP contribution in [0.25, 0.3) is 0 Å². The third kappa shape index (κ3) is 5.73. The van der Waals surface area contributed by atoms with Crippen molar-refractivity contribution in [3.63, 3.8) is 0 Å². The van der Waals surface area contributed by atoms with Crippen LogP contribution in [0.1, 0.15) is 26.3 Å². The van der Waals surface area contributed by atoms with Crippen LogP contribution in [0.15, 0.2) is 12.1 Å². The van der Waals surface area contributed by atoms with Gasteiger partial charge in [0.25, 0.3) is 0 Å². The zero-order valence-electron chi connectivity index (χ0n) is 13.5. The van der Waals surface area contributed by atoms with E-state index in [2.05, 4.69) is 24.1 Å². The fourth-order valence-electron chi connectivity index (χ4n) is 2.14. The number of rotatable bonds is 10. The number of hydrogen-bond acceptors (Lipinski definition) is 4. The molecule has 1 aromatic rings. The number of halogens is 1. The number of benzene rings is 1. The molecule has 0 aliphatic rings. The van der Waals surface area contributed by atoms with E-state index in [4.69, 9.17) is 21.1 Å². The van der Waals surface area contributed by atoms with Crippen molar-refractivity contribution in [2.24, 2.45) is 0 Å². The Morgan fingerprint density at radius 1 is 1.14 bits per heavy atom. The first-order valence-corrected chi connectivity index (χ1v) is 7.96. The lowest BCUT2D eigenvalue weighted by atomic mass is 10.2. The van der Waals surface area contributed by atoms with Crippen molar-refractivity contribution in [1.29, 1.82) is 0 Å². The quantitative estimate of drug-likeness (QED) is 0.673. The molecule has 1 aromatic carbocycles. The summed E-state index contributed by atoms with van der Waals surface area (Å²) in [5, 5.41) is 4.13. The van der Waals surface area contributed by atoms with E-state index in [1.165, 1.54) is 0 Å². The third-order valence-corrected chi connectivity index (χ3v) is 3.80. The minimum Gasteiger partial charge on any atom is -0.493 e. The summed E-state index contributed by atoms with van der Waals surface area (Å²) in [5.74, 6) is 1.42. The van der Waals surface area contributed by atoms with Crippen LogP contribution in [0.2, 0.25) is 5.02 Å². The molecular weight excluding hydrogens is 288 g/mol. The predicted molar refractivity (Wildman–Crippen MR) is 88.7 cm³/mol. The van der Waals surface area contributed by atoms with Gasteiger partial charge in [0, 0.05) is 30.7 Å². The molecule has 1 N–H and O–H groups in total. The van der Waals surface area contributed by atoms with Gasteiger partial charge in [0.05, 0.1) is 13.7 Å². The number of ether oxygens (including phenoxy) is 2. The normalized spacial score (nSPS) is 11.0. The van der Waals surface area contributed by atoms with Crippen LogP contribution in [0.3, 0.4) is 0 Å². The van der Waals surface area contributed by atoms with E-state index in [9.17, 15) is 0 Å². The molecule has 0 aliphatic carbocycles. The zero-order valence-corrected chi connectivity index (χ0v) is 14.3. The van der Waals surface area contributed by atoms with Crippen molar-refractivity contribution in [1.82, 2.24) is 10.2 Å². The number of hydrogen-bond donors (Lipinski definition) is 1. The van der Waals surface area contributed by atoms with Crippen LogP contribution in [0.4, 0.5) is 0 Å². The SMILES string of the molecule is CCOc1cc(CNCCN(CC)CC)c(Cl)cc1OC. The van der Waals surface area contributed by atoms with Gasteiger partial charge in [-0.05, 0) is 31.6 Å². The van der Waals surface area contributed by atoms with E-state index in [-0.39, 0.29) is 0 Å². The molecule has 4 nitrogen and oxygen atoms in total. The summed E-state index contributed by atoms with van der Waals surface area (Å²) >= 11 is 6.29. The summed E-state index contributed by atoms with van der Waals surface area (Å²) in [5.41, 5.74) is 1.03. The lowest BCUT2D eigenvalue weighted by Gasteiger charge is -2.18. The lowest BCUT2D eigenvalue weighted by Crippen LogP contribution is -2.31. The monoisotopic (exact) mass is 314 g/mol. The number of methoxy groups -OCH3 is 1. The Kier molecular flexibility index (Phi) is 8.50. The van der Waals surface area contributed by atoms with Gasteiger partial charge in [-0.1, -0.05) is 25.4 Å². The van der Waals surface area contributed by atoms with Gasteiger partial charge in [0.15, 0.2) is 11.5 Å². The van der Waals surface area contributed by atoms with Gasteiger partial charge in [0.1, 0.15) is 0 Å². The average molecular weight is 315 g/mol. The maximum atomic E-state index is 6.29. The molecule has 5 heteroatoms. The van der Waals surface area contributed by atoms with Crippen LogP contribution in [-0.4, -0.2) is 44.8 Å². The van der Waals surface area contributed by atoms with E-state index in [1.807, 2.05) is 19.1 Å². The maximum Gasteiger partial charge on any atom is 0.162 e. The molecule has 0 radical (unpaired) electrons. The first-order valence-electron chi connectivity index (χ1n) is 7.58. The predicted octanol–water partition coefficient (Wildman–Crippen LogP) is 3.18. The van der Waals surface area contributed by atoms with Gasteiger partial charge in [-0.25, -0.2) is 0 Å². The van der Waals surface area contributed by atoms with Gasteiger partial charge in [-0.15, -0.1) is 0 Å². The Labute approximate surface area is 133 Å². The van der Waals surface area contributed by atoms with E-state index in [0.717, 1.165) is 44.0 Å². The molecule has 0 bridgehead atoms. The molecule has 0 amide bonds. The molecule has 0 saturated heterocycles. The Hall–Kier alpha value is -0.970. The first-order chi connectivity index (χ1) is 10.2. The highest BCUT2D eigenvalue weighted by atomic mass is 35.5. The van der Waals surface area contributed by atoms with Gasteiger partial charge >= 0.3 is 0 Å². The summed E-state index contributed by atoms with van der Waals surface area (Å²) in [6.07, 6.45) is 0. The second-order valence-electron chi connectivity index (χ2n) is 4.73. The minimum atomic E-state index is 0.604. The van der Waals surface area contributed by atoms with Crippen molar-refractivity contribution in [2.45, 2.75) is 27.3 Å². The molecule has 0 aliphatic heterocycles. The highest BCUT2D eigenvalue weighted by Gasteiger charge is 2.10. The molecule has 0 saturated carbocycles. The molecule has 0 fully saturated rings. The molecule has 0 spiro atoms. The van der Waals surface area contributed by atoms with Crippen molar-refractivity contribution < 1.29 is 9.47 Å². The first kappa shape index (κ1) is 18.1. The summed E-state index contributed by atoms with van der Waals surface area (Å²) in [7, 11) is 1.62. The Morgan fingerprint density at radius 2 is 1.86 bits per heavy atom. The topological polar surface area (TPSA) is 33.7 Å². The summed E-state index contributed by atoms with van der Waals surface area (Å²) < 4.78 is 10.9. The molecule has 120 valence electrons. The lowest BCUT2D eigenvalue weighted by molar-refractivity contribution is 0.301. The van der Waals surface area contributed by atoms with E-state index < -0.39 is 0 Å². The van der Waals surface area contributed by atoms with Crippen LogP contribution in [0, 0.1) is 0 Å². The Bertz CT molecular complexity index is 423. The molecule has 1 rings (SSSR count). The maximum absolute atomic E-state index is 6.29. The second-order valence-corrected chi connectivity index (χ2v) is 5.14. The number of nitrogens with zero attached hydrogens (tertiary/aromatic N) is 1. The highest BCUT2D eigenvalue weighted by Crippen LogP contribution is 2.33. The summed E-state index contributed by atoms with van der Waals surface area (Å²) in [6.45, 7) is 11.8. The van der Waals surface area contributed by atoms with Crippen molar-refractivity contribution in [3.05, 3.63) is 22.7 Å². The van der Waals surface area contributed by atoms with E-state index in [0.29, 0.717) is 17.4 Å². The van der Waals surface area contributed by atoms with E-state index in [1.54, 1.807) is 7.11 Å². The zero-order chi connectivity index (χ0) is 15.7. The second kappa shape index (κ2) is 9.87. The van der Waals surface area contributed by atoms with Crippen molar-refractivity contribution in [3.8, 4) is 11.5 Å². The highest BCUT2D eigenvalue weighted by molar-refractivity contribution is 6.31. The third-order valence-electron chi connectivity index (χ3n) is 3.45. The molecular formula is C16H27ClN2O2. The van der Waals surface area contributed by atoms with Crippen molar-refractivity contribution >= 4 is 11.6 Å². The number of nitrogens with one attached hydrogen (secondary N) is 1. The van der Waals surface area contributed by atoms with Gasteiger partial charge < -0.3 is 19.7 Å². The number of likely N-dealkylation sites (N-methyl/N-ethyl adjacent to an activating group) is 1. The molecule has 0 aromatic heterocycles. The Morgan fingerprint density at radius 3 is 2.43 bits per heavy atom. The standard InChI is InChI=1S/C16H27ClN2O2/c1-5-19(6-2)9-8-18-12-13-10-16(21-7-3)15(20-4)11-14(13)17/h10-11,18H,5-9,12H2,1-4H3. The van der Waals surface area contributed by atoms with Crippen LogP contribution < -0.4 is 14.8 Å². The smallest absolute Gasteiger partial charge is 0.162 e. The molecule has 0 atom stereocenters. The Balaban J connectivity index is 2.60. The van der Waals surface area contributed by atoms with Gasteiger partial charge in [0.2, 0.25) is 0 Å². The van der Waals surface area contributed by atoms with Crippen molar-refractivity contribution in [2.75, 3.05) is 39.9 Å². The van der Waals surface area contributed by atoms with Crippen LogP contribution in [0.5, 0.6) is 11.5 Å². The van der Waals surface area contributed by atoms with E-state index >= 15 is 0 Å². The average Bonchev–Trinajstić information content (AvgIpc) is 2.50. The largest absolute Gasteiger partial charge is 0.493 e.